The second-order valence-corrected chi connectivity index (χ2v) is 6.27. The fourth-order valence-electron chi connectivity index (χ4n) is 2.09. The molecule has 1 saturated carbocycles. The molecule has 0 unspecified atom stereocenters. The third kappa shape index (κ3) is 2.37. The molecule has 3 heterocycles. The maximum atomic E-state index is 4.48. The predicted octanol–water partition coefficient (Wildman–Crippen LogP) is 1.22. The van der Waals surface area contributed by atoms with Crippen LogP contribution in [0.4, 0.5) is 0 Å². The molecule has 1 fully saturated rings. The zero-order valence-electron chi connectivity index (χ0n) is 11.8. The number of hydrogen-bond acceptors (Lipinski definition) is 7. The van der Waals surface area contributed by atoms with Crippen molar-refractivity contribution in [2.45, 2.75) is 31.8 Å². The lowest BCUT2D eigenvalue weighted by molar-refractivity contribution is 0.676. The van der Waals surface area contributed by atoms with Gasteiger partial charge in [-0.25, -0.2) is 4.68 Å². The summed E-state index contributed by atoms with van der Waals surface area (Å²) in [6.45, 7) is 3.90. The van der Waals surface area contributed by atoms with Crippen LogP contribution in [0.1, 0.15) is 24.2 Å². The Morgan fingerprint density at radius 2 is 1.95 bits per heavy atom. The summed E-state index contributed by atoms with van der Waals surface area (Å²) in [7, 11) is 0. The van der Waals surface area contributed by atoms with Crippen molar-refractivity contribution >= 4 is 17.5 Å². The van der Waals surface area contributed by atoms with Crippen LogP contribution in [0.25, 0.3) is 11.7 Å². The van der Waals surface area contributed by atoms with E-state index in [0.717, 1.165) is 28.2 Å². The van der Waals surface area contributed by atoms with E-state index in [4.69, 9.17) is 0 Å². The summed E-state index contributed by atoms with van der Waals surface area (Å²) in [6.07, 6.45) is 2.63. The van der Waals surface area contributed by atoms with E-state index in [9.17, 15) is 0 Å². The Morgan fingerprint density at radius 3 is 2.67 bits per heavy atom. The lowest BCUT2D eigenvalue weighted by Gasteiger charge is -2.02. The molecule has 0 saturated heterocycles. The molecule has 1 aliphatic rings. The predicted molar refractivity (Wildman–Crippen MR) is 76.4 cm³/mol. The molecule has 0 aliphatic heterocycles. The first-order chi connectivity index (χ1) is 10.2. The van der Waals surface area contributed by atoms with Crippen LogP contribution in [0.5, 0.6) is 0 Å². The van der Waals surface area contributed by atoms with Crippen LogP contribution in [0.2, 0.25) is 0 Å². The van der Waals surface area contributed by atoms with Crippen LogP contribution in [0.15, 0.2) is 11.2 Å². The first kappa shape index (κ1) is 12.7. The summed E-state index contributed by atoms with van der Waals surface area (Å²) < 4.78 is 3.32. The van der Waals surface area contributed by atoms with Crippen molar-refractivity contribution in [2.24, 2.45) is 5.92 Å². The van der Waals surface area contributed by atoms with Crippen LogP contribution in [-0.2, 0) is 0 Å². The van der Waals surface area contributed by atoms with Gasteiger partial charge in [0, 0.05) is 11.4 Å². The SMILES string of the molecule is Cc1cc(C)n(-c2nnc3nnc(SCC4CC4)n3n2)n1. The van der Waals surface area contributed by atoms with Gasteiger partial charge in [0.25, 0.3) is 11.7 Å². The number of fused-ring (bicyclic) bond motifs is 1. The molecule has 0 bridgehead atoms. The fourth-order valence-corrected chi connectivity index (χ4v) is 3.15. The van der Waals surface area contributed by atoms with Crippen LogP contribution < -0.4 is 0 Å². The smallest absolute Gasteiger partial charge is 0.200 e. The number of rotatable bonds is 4. The van der Waals surface area contributed by atoms with E-state index in [0.29, 0.717) is 11.7 Å². The molecule has 1 aliphatic carbocycles. The van der Waals surface area contributed by atoms with Crippen molar-refractivity contribution < 1.29 is 0 Å². The van der Waals surface area contributed by atoms with E-state index in [1.807, 2.05) is 19.9 Å². The quantitative estimate of drug-likeness (QED) is 0.670. The standard InChI is InChI=1S/C12H14N8S/c1-7-5-8(2)19(17-7)11-15-13-10-14-16-12(20(10)18-11)21-6-9-3-4-9/h5,9H,3-4,6H2,1-2H3. The largest absolute Gasteiger partial charge is 0.291 e. The van der Waals surface area contributed by atoms with E-state index < -0.39 is 0 Å². The van der Waals surface area contributed by atoms with Gasteiger partial charge in [0.1, 0.15) is 0 Å². The van der Waals surface area contributed by atoms with E-state index in [1.54, 1.807) is 21.0 Å². The van der Waals surface area contributed by atoms with Crippen LogP contribution in [0.3, 0.4) is 0 Å². The van der Waals surface area contributed by atoms with Gasteiger partial charge in [0.2, 0.25) is 5.16 Å². The maximum Gasteiger partial charge on any atom is 0.291 e. The van der Waals surface area contributed by atoms with Gasteiger partial charge in [-0.15, -0.1) is 25.5 Å². The lowest BCUT2D eigenvalue weighted by Crippen LogP contribution is -2.10. The molecule has 3 aromatic rings. The third-order valence-electron chi connectivity index (χ3n) is 3.36. The first-order valence-electron chi connectivity index (χ1n) is 6.83. The minimum Gasteiger partial charge on any atom is -0.200 e. The second kappa shape index (κ2) is 4.76. The van der Waals surface area contributed by atoms with E-state index >= 15 is 0 Å². The molecule has 0 N–H and O–H groups in total. The number of hydrogen-bond donors (Lipinski definition) is 0. The molecular formula is C12H14N8S. The van der Waals surface area contributed by atoms with Gasteiger partial charge in [-0.1, -0.05) is 11.8 Å². The summed E-state index contributed by atoms with van der Waals surface area (Å²) in [5.41, 5.74) is 1.89. The average molecular weight is 302 g/mol. The maximum absolute atomic E-state index is 4.48. The summed E-state index contributed by atoms with van der Waals surface area (Å²) in [4.78, 5) is 0. The van der Waals surface area contributed by atoms with Crippen molar-refractivity contribution in [2.75, 3.05) is 5.75 Å². The van der Waals surface area contributed by atoms with Crippen molar-refractivity contribution in [3.63, 3.8) is 0 Å². The normalized spacial score (nSPS) is 15.0. The molecule has 0 spiro atoms. The highest BCUT2D eigenvalue weighted by molar-refractivity contribution is 7.99. The molecule has 3 aromatic heterocycles. The summed E-state index contributed by atoms with van der Waals surface area (Å²) >= 11 is 1.67. The Morgan fingerprint density at radius 1 is 1.14 bits per heavy atom. The summed E-state index contributed by atoms with van der Waals surface area (Å²) in [6, 6.07) is 1.97. The van der Waals surface area contributed by atoms with Gasteiger partial charge in [-0.05, 0) is 38.7 Å². The monoisotopic (exact) mass is 302 g/mol. The molecule has 21 heavy (non-hydrogen) atoms. The van der Waals surface area contributed by atoms with E-state index in [2.05, 4.69) is 30.6 Å². The summed E-state index contributed by atoms with van der Waals surface area (Å²) in [5, 5.41) is 25.9. The molecule has 0 radical (unpaired) electrons. The van der Waals surface area contributed by atoms with Crippen molar-refractivity contribution in [3.8, 4) is 5.95 Å². The molecule has 9 heteroatoms. The second-order valence-electron chi connectivity index (χ2n) is 5.29. The van der Waals surface area contributed by atoms with Gasteiger partial charge in [-0.3, -0.25) is 0 Å². The lowest BCUT2D eigenvalue weighted by atomic mass is 10.4. The van der Waals surface area contributed by atoms with E-state index in [1.165, 1.54) is 12.8 Å². The van der Waals surface area contributed by atoms with E-state index in [-0.39, 0.29) is 0 Å². The van der Waals surface area contributed by atoms with Gasteiger partial charge in [-0.2, -0.15) is 9.61 Å². The molecular weight excluding hydrogens is 288 g/mol. The van der Waals surface area contributed by atoms with Crippen LogP contribution >= 0.6 is 11.8 Å². The van der Waals surface area contributed by atoms with Crippen molar-refractivity contribution in [1.82, 2.24) is 39.8 Å². The number of aromatic nitrogens is 8. The number of nitrogens with zero attached hydrogens (tertiary/aromatic N) is 8. The Bertz CT molecular complexity index is 803. The average Bonchev–Trinajstić information content (AvgIpc) is 3.12. The zero-order chi connectivity index (χ0) is 14.4. The molecule has 0 atom stereocenters. The highest BCUT2D eigenvalue weighted by Crippen LogP contribution is 2.34. The third-order valence-corrected chi connectivity index (χ3v) is 4.51. The topological polar surface area (TPSA) is 86.7 Å². The Balaban J connectivity index is 1.73. The van der Waals surface area contributed by atoms with Crippen molar-refractivity contribution in [1.29, 1.82) is 0 Å². The number of aryl methyl sites for hydroxylation is 2. The van der Waals surface area contributed by atoms with Crippen molar-refractivity contribution in [3.05, 3.63) is 17.5 Å². The first-order valence-corrected chi connectivity index (χ1v) is 7.82. The summed E-state index contributed by atoms with van der Waals surface area (Å²) in [5.74, 6) is 2.72. The van der Waals surface area contributed by atoms with Gasteiger partial charge in [0.05, 0.1) is 5.69 Å². The Labute approximate surface area is 125 Å². The highest BCUT2D eigenvalue weighted by Gasteiger charge is 2.23. The zero-order valence-corrected chi connectivity index (χ0v) is 12.6. The molecule has 4 rings (SSSR count). The minimum atomic E-state index is 0.415. The number of thioether (sulfide) groups is 1. The Hall–Kier alpha value is -2.03. The Kier molecular flexibility index (Phi) is 2.88. The van der Waals surface area contributed by atoms with Crippen LogP contribution in [-0.4, -0.2) is 45.5 Å². The van der Waals surface area contributed by atoms with Gasteiger partial charge in [0.15, 0.2) is 0 Å². The molecule has 108 valence electrons. The minimum absolute atomic E-state index is 0.415. The van der Waals surface area contributed by atoms with Gasteiger partial charge >= 0.3 is 0 Å². The highest BCUT2D eigenvalue weighted by atomic mass is 32.2. The van der Waals surface area contributed by atoms with Crippen LogP contribution in [0, 0.1) is 19.8 Å². The van der Waals surface area contributed by atoms with Gasteiger partial charge < -0.3 is 0 Å². The molecule has 8 nitrogen and oxygen atoms in total. The fraction of sp³-hybridized carbons (Fsp3) is 0.500. The molecule has 0 amide bonds. The molecule has 0 aromatic carbocycles.